The van der Waals surface area contributed by atoms with Crippen molar-refractivity contribution in [1.29, 1.82) is 0 Å². The van der Waals surface area contributed by atoms with Crippen LogP contribution in [0.2, 0.25) is 0 Å². The zero-order valence-electron chi connectivity index (χ0n) is 12.0. The van der Waals surface area contributed by atoms with Gasteiger partial charge in [0, 0.05) is 5.92 Å². The maximum absolute atomic E-state index is 12.3. The number of hydrogen-bond donors (Lipinski definition) is 0. The van der Waals surface area contributed by atoms with Gasteiger partial charge in [-0.15, -0.1) is 0 Å². The van der Waals surface area contributed by atoms with Gasteiger partial charge in [-0.25, -0.2) is 4.79 Å². The Balaban J connectivity index is 2.31. The molecule has 1 heterocycles. The summed E-state index contributed by atoms with van der Waals surface area (Å²) in [5, 5.41) is 0. The molecule has 0 aromatic heterocycles. The first-order valence-corrected chi connectivity index (χ1v) is 6.78. The maximum atomic E-state index is 12.3. The molecule has 0 N–H and O–H groups in total. The monoisotopic (exact) mass is 277 g/mol. The first kappa shape index (κ1) is 14.4. The van der Waals surface area contributed by atoms with Gasteiger partial charge in [-0.2, -0.15) is 0 Å². The predicted molar refractivity (Wildman–Crippen MR) is 74.7 cm³/mol. The number of benzene rings is 1. The molecule has 0 saturated carbocycles. The number of ether oxygens (including phenoxy) is 2. The van der Waals surface area contributed by atoms with Gasteiger partial charge in [0.05, 0.1) is 18.8 Å². The molecule has 0 aliphatic carbocycles. The predicted octanol–water partition coefficient (Wildman–Crippen LogP) is 2.00. The number of carbonyl (C=O) groups excluding carboxylic acids is 2. The molecule has 1 aromatic rings. The lowest BCUT2D eigenvalue weighted by Gasteiger charge is -2.34. The molecule has 0 spiro atoms. The summed E-state index contributed by atoms with van der Waals surface area (Å²) in [4.78, 5) is 25.8. The van der Waals surface area contributed by atoms with Crippen molar-refractivity contribution in [2.75, 3.05) is 18.1 Å². The molecule has 1 aliphatic heterocycles. The molecule has 2 rings (SSSR count). The summed E-state index contributed by atoms with van der Waals surface area (Å²) >= 11 is 0. The summed E-state index contributed by atoms with van der Waals surface area (Å²) in [6.45, 7) is 5.89. The van der Waals surface area contributed by atoms with Crippen LogP contribution in [0.4, 0.5) is 5.69 Å². The van der Waals surface area contributed by atoms with Crippen molar-refractivity contribution < 1.29 is 19.1 Å². The van der Waals surface area contributed by atoms with Gasteiger partial charge in [0.1, 0.15) is 5.75 Å². The molecule has 0 bridgehead atoms. The second-order valence-electron chi connectivity index (χ2n) is 4.93. The van der Waals surface area contributed by atoms with E-state index < -0.39 is 12.1 Å². The van der Waals surface area contributed by atoms with Gasteiger partial charge >= 0.3 is 5.97 Å². The number of amides is 1. The highest BCUT2D eigenvalue weighted by atomic mass is 16.6. The average molecular weight is 277 g/mol. The number of esters is 1. The zero-order valence-corrected chi connectivity index (χ0v) is 12.0. The molecule has 1 amide bonds. The van der Waals surface area contributed by atoms with E-state index >= 15 is 0 Å². The van der Waals surface area contributed by atoms with Gasteiger partial charge < -0.3 is 14.4 Å². The van der Waals surface area contributed by atoms with E-state index in [1.807, 2.05) is 32.0 Å². The van der Waals surface area contributed by atoms with Crippen LogP contribution in [0, 0.1) is 5.92 Å². The summed E-state index contributed by atoms with van der Waals surface area (Å²) in [5.41, 5.74) is 0.701. The summed E-state index contributed by atoms with van der Waals surface area (Å²) in [6.07, 6.45) is -0.771. The fourth-order valence-corrected chi connectivity index (χ4v) is 2.11. The molecule has 1 aromatic carbocycles. The first-order valence-electron chi connectivity index (χ1n) is 6.78. The molecule has 108 valence electrons. The Morgan fingerprint density at radius 1 is 1.40 bits per heavy atom. The smallest absolute Gasteiger partial charge is 0.349 e. The molecule has 0 fully saturated rings. The topological polar surface area (TPSA) is 55.8 Å². The fraction of sp³-hybridized carbons (Fsp3) is 0.467. The molecule has 0 radical (unpaired) electrons. The summed E-state index contributed by atoms with van der Waals surface area (Å²) in [5.74, 6) is -0.0894. The molecule has 1 aliphatic rings. The molecule has 1 atom stereocenters. The Bertz CT molecular complexity index is 512. The van der Waals surface area contributed by atoms with Gasteiger partial charge in [-0.3, -0.25) is 4.79 Å². The van der Waals surface area contributed by atoms with Crippen LogP contribution in [0.1, 0.15) is 20.8 Å². The number of nitrogens with zero attached hydrogens (tertiary/aromatic N) is 1. The van der Waals surface area contributed by atoms with E-state index in [2.05, 4.69) is 0 Å². The van der Waals surface area contributed by atoms with Crippen LogP contribution in [0.15, 0.2) is 24.3 Å². The summed E-state index contributed by atoms with van der Waals surface area (Å²) < 4.78 is 10.6. The molecule has 20 heavy (non-hydrogen) atoms. The molecule has 1 unspecified atom stereocenters. The minimum atomic E-state index is -0.771. The van der Waals surface area contributed by atoms with Crippen molar-refractivity contribution in [1.82, 2.24) is 0 Å². The van der Waals surface area contributed by atoms with Crippen LogP contribution in [0.3, 0.4) is 0 Å². The zero-order chi connectivity index (χ0) is 14.7. The number of carbonyl (C=O) groups is 2. The third-order valence-electron chi connectivity index (χ3n) is 3.08. The average Bonchev–Trinajstić information content (AvgIpc) is 2.45. The van der Waals surface area contributed by atoms with Crippen LogP contribution in [-0.4, -0.2) is 31.1 Å². The van der Waals surface area contributed by atoms with Gasteiger partial charge in [0.2, 0.25) is 12.0 Å². The largest absolute Gasteiger partial charge is 0.475 e. The summed E-state index contributed by atoms with van der Waals surface area (Å²) in [7, 11) is 0. The number of rotatable bonds is 3. The van der Waals surface area contributed by atoms with E-state index in [1.165, 1.54) is 0 Å². The van der Waals surface area contributed by atoms with E-state index in [-0.39, 0.29) is 18.4 Å². The van der Waals surface area contributed by atoms with Crippen LogP contribution < -0.4 is 9.64 Å². The normalized spacial score (nSPS) is 17.4. The molecular weight excluding hydrogens is 258 g/mol. The Morgan fingerprint density at radius 2 is 2.10 bits per heavy atom. The SMILES string of the molecule is CCOC(=O)C1CN(C(=O)C(C)C)c2ccccc2O1. The van der Waals surface area contributed by atoms with Crippen LogP contribution >= 0.6 is 0 Å². The number of para-hydroxylation sites is 2. The molecule has 5 nitrogen and oxygen atoms in total. The fourth-order valence-electron chi connectivity index (χ4n) is 2.11. The van der Waals surface area contributed by atoms with Crippen LogP contribution in [-0.2, 0) is 14.3 Å². The Morgan fingerprint density at radius 3 is 2.75 bits per heavy atom. The van der Waals surface area contributed by atoms with Gasteiger partial charge in [-0.05, 0) is 19.1 Å². The first-order chi connectivity index (χ1) is 9.54. The highest BCUT2D eigenvalue weighted by Crippen LogP contribution is 2.34. The standard InChI is InChI=1S/C15H19NO4/c1-4-19-15(18)13-9-16(14(17)10(2)3)11-7-5-6-8-12(11)20-13/h5-8,10,13H,4,9H2,1-3H3. The minimum absolute atomic E-state index is 0.0324. The van der Waals surface area contributed by atoms with Crippen molar-refractivity contribution in [3.63, 3.8) is 0 Å². The van der Waals surface area contributed by atoms with Gasteiger partial charge in [0.25, 0.3) is 0 Å². The third-order valence-corrected chi connectivity index (χ3v) is 3.08. The van der Waals surface area contributed by atoms with Gasteiger partial charge in [0.15, 0.2) is 0 Å². The van der Waals surface area contributed by atoms with E-state index in [9.17, 15) is 9.59 Å². The van der Waals surface area contributed by atoms with Gasteiger partial charge in [-0.1, -0.05) is 26.0 Å². The van der Waals surface area contributed by atoms with Crippen molar-refractivity contribution >= 4 is 17.6 Å². The van der Waals surface area contributed by atoms with E-state index in [4.69, 9.17) is 9.47 Å². The Labute approximate surface area is 118 Å². The van der Waals surface area contributed by atoms with Crippen molar-refractivity contribution in [2.45, 2.75) is 26.9 Å². The number of fused-ring (bicyclic) bond motifs is 1. The molecule has 0 saturated heterocycles. The van der Waals surface area contributed by atoms with Crippen molar-refractivity contribution in [3.05, 3.63) is 24.3 Å². The van der Waals surface area contributed by atoms with Crippen molar-refractivity contribution in [3.8, 4) is 5.75 Å². The second kappa shape index (κ2) is 5.94. The Hall–Kier alpha value is -2.04. The van der Waals surface area contributed by atoms with Crippen LogP contribution in [0.25, 0.3) is 0 Å². The van der Waals surface area contributed by atoms with Crippen molar-refractivity contribution in [2.24, 2.45) is 5.92 Å². The number of anilines is 1. The third kappa shape index (κ3) is 2.76. The van der Waals surface area contributed by atoms with E-state index in [0.29, 0.717) is 18.0 Å². The number of hydrogen-bond acceptors (Lipinski definition) is 4. The highest BCUT2D eigenvalue weighted by Gasteiger charge is 2.35. The Kier molecular flexibility index (Phi) is 4.27. The van der Waals surface area contributed by atoms with E-state index in [1.54, 1.807) is 17.9 Å². The quantitative estimate of drug-likeness (QED) is 0.793. The van der Waals surface area contributed by atoms with E-state index in [0.717, 1.165) is 0 Å². The molecular formula is C15H19NO4. The summed E-state index contributed by atoms with van der Waals surface area (Å²) in [6, 6.07) is 7.22. The lowest BCUT2D eigenvalue weighted by Crippen LogP contribution is -2.48. The maximum Gasteiger partial charge on any atom is 0.349 e. The minimum Gasteiger partial charge on any atom is -0.475 e. The lowest BCUT2D eigenvalue weighted by atomic mass is 10.1. The lowest BCUT2D eigenvalue weighted by molar-refractivity contribution is -0.151. The molecule has 5 heteroatoms. The highest BCUT2D eigenvalue weighted by molar-refractivity contribution is 5.97. The van der Waals surface area contributed by atoms with Crippen LogP contribution in [0.5, 0.6) is 5.75 Å². The second-order valence-corrected chi connectivity index (χ2v) is 4.93.